The van der Waals surface area contributed by atoms with Crippen LogP contribution < -0.4 is 5.32 Å². The molecule has 0 aliphatic carbocycles. The van der Waals surface area contributed by atoms with Gasteiger partial charge in [-0.05, 0) is 65.9 Å². The lowest BCUT2D eigenvalue weighted by molar-refractivity contribution is -0.157. The largest absolute Gasteiger partial charge is 0.356 e. The highest BCUT2D eigenvalue weighted by Crippen LogP contribution is 2.24. The van der Waals surface area contributed by atoms with E-state index < -0.39 is 11.9 Å². The normalized spacial score (nSPS) is 15.5. The molecule has 0 bridgehead atoms. The van der Waals surface area contributed by atoms with Gasteiger partial charge in [-0.15, -0.1) is 0 Å². The molecule has 1 atom stereocenters. The Bertz CT molecular complexity index is 1400. The summed E-state index contributed by atoms with van der Waals surface area (Å²) in [5.74, 6) is -1.45. The molecule has 3 amide bonds. The van der Waals surface area contributed by atoms with Gasteiger partial charge in [-0.2, -0.15) is 0 Å². The summed E-state index contributed by atoms with van der Waals surface area (Å²) < 4.78 is 13.4. The van der Waals surface area contributed by atoms with E-state index in [1.165, 1.54) is 21.9 Å². The lowest BCUT2D eigenvalue weighted by Crippen LogP contribution is -2.60. The van der Waals surface area contributed by atoms with Gasteiger partial charge >= 0.3 is 0 Å². The first-order valence-corrected chi connectivity index (χ1v) is 14.1. The fourth-order valence-corrected chi connectivity index (χ4v) is 5.52. The molecular formula is C29H26Cl4FN3O3. The van der Waals surface area contributed by atoms with Crippen LogP contribution in [0.25, 0.3) is 0 Å². The number of carbonyl (C=O) groups is 3. The van der Waals surface area contributed by atoms with Crippen LogP contribution in [0.5, 0.6) is 0 Å². The summed E-state index contributed by atoms with van der Waals surface area (Å²) in [6, 6.07) is 14.9. The van der Waals surface area contributed by atoms with Gasteiger partial charge in [0.1, 0.15) is 11.9 Å². The van der Waals surface area contributed by atoms with Crippen molar-refractivity contribution >= 4 is 64.1 Å². The third-order valence-electron chi connectivity index (χ3n) is 6.66. The number of nitrogens with zero attached hydrogens (tertiary/aromatic N) is 2. The summed E-state index contributed by atoms with van der Waals surface area (Å²) in [4.78, 5) is 42.6. The highest BCUT2D eigenvalue weighted by atomic mass is 35.5. The molecular weight excluding hydrogens is 599 g/mol. The first kappa shape index (κ1) is 30.1. The summed E-state index contributed by atoms with van der Waals surface area (Å²) >= 11 is 24.4. The SMILES string of the molecule is O=C(CC1C(=O)N(CCc2ccc(Cl)cc2Cl)CC(=O)N1Cc1ccc(F)cc1)NCCc1ccc(Cl)cc1Cl. The summed E-state index contributed by atoms with van der Waals surface area (Å²) in [6.45, 7) is 0.452. The van der Waals surface area contributed by atoms with Crippen LogP contribution in [0.15, 0.2) is 60.7 Å². The Morgan fingerprint density at radius 2 is 1.48 bits per heavy atom. The van der Waals surface area contributed by atoms with Crippen LogP contribution in [0.4, 0.5) is 4.39 Å². The van der Waals surface area contributed by atoms with E-state index in [0.717, 1.165) is 11.1 Å². The fourth-order valence-electron chi connectivity index (χ4n) is 4.51. The van der Waals surface area contributed by atoms with Crippen LogP contribution in [-0.2, 0) is 33.8 Å². The lowest BCUT2D eigenvalue weighted by atomic mass is 10.0. The molecule has 0 spiro atoms. The van der Waals surface area contributed by atoms with Crippen LogP contribution in [-0.4, -0.2) is 53.2 Å². The maximum Gasteiger partial charge on any atom is 0.246 e. The Balaban J connectivity index is 1.46. The topological polar surface area (TPSA) is 69.7 Å². The van der Waals surface area contributed by atoms with Gasteiger partial charge in [0.25, 0.3) is 0 Å². The first-order valence-electron chi connectivity index (χ1n) is 12.6. The van der Waals surface area contributed by atoms with Gasteiger partial charge in [0, 0.05) is 39.7 Å². The number of rotatable bonds is 10. The molecule has 0 radical (unpaired) electrons. The van der Waals surface area contributed by atoms with Crippen LogP contribution in [0, 0.1) is 5.82 Å². The quantitative estimate of drug-likeness (QED) is 0.302. The van der Waals surface area contributed by atoms with Crippen molar-refractivity contribution < 1.29 is 18.8 Å². The standard InChI is InChI=1S/C29H26Cl4FN3O3/c30-21-5-3-19(24(32)13-21)9-11-35-27(38)15-26-29(40)36(12-10-20-4-6-22(31)14-25(20)33)17-28(39)37(26)16-18-1-7-23(34)8-2-18/h1-8,13-14,26H,9-12,15-17H2,(H,35,38). The number of carbonyl (C=O) groups excluding carboxylic acids is 3. The Morgan fingerprint density at radius 3 is 2.08 bits per heavy atom. The highest BCUT2D eigenvalue weighted by Gasteiger charge is 2.40. The van der Waals surface area contributed by atoms with Crippen molar-refractivity contribution in [3.05, 3.63) is 103 Å². The molecule has 11 heteroatoms. The molecule has 1 aliphatic heterocycles. The molecule has 40 heavy (non-hydrogen) atoms. The Hall–Kier alpha value is -2.84. The maximum atomic E-state index is 13.6. The molecule has 1 N–H and O–H groups in total. The van der Waals surface area contributed by atoms with Crippen molar-refractivity contribution in [3.8, 4) is 0 Å². The fraction of sp³-hybridized carbons (Fsp3) is 0.276. The molecule has 0 saturated carbocycles. The van der Waals surface area contributed by atoms with Gasteiger partial charge in [0.2, 0.25) is 17.7 Å². The Morgan fingerprint density at radius 1 is 0.875 bits per heavy atom. The zero-order valence-corrected chi connectivity index (χ0v) is 24.3. The third-order valence-corrected chi connectivity index (χ3v) is 7.84. The summed E-state index contributed by atoms with van der Waals surface area (Å²) in [5.41, 5.74) is 2.25. The number of benzene rings is 3. The van der Waals surface area contributed by atoms with Crippen molar-refractivity contribution in [2.45, 2.75) is 31.8 Å². The second-order valence-electron chi connectivity index (χ2n) is 9.45. The molecule has 1 heterocycles. The van der Waals surface area contributed by atoms with Crippen LogP contribution in [0.2, 0.25) is 20.1 Å². The second-order valence-corrected chi connectivity index (χ2v) is 11.1. The summed E-state index contributed by atoms with van der Waals surface area (Å²) in [6.07, 6.45) is 0.651. The molecule has 1 saturated heterocycles. The third kappa shape index (κ3) is 7.88. The van der Waals surface area contributed by atoms with Crippen molar-refractivity contribution in [2.24, 2.45) is 0 Å². The molecule has 4 rings (SSSR count). The van der Waals surface area contributed by atoms with E-state index in [9.17, 15) is 18.8 Å². The van der Waals surface area contributed by atoms with Crippen LogP contribution in [0.3, 0.4) is 0 Å². The molecule has 0 aromatic heterocycles. The number of hydrogen-bond acceptors (Lipinski definition) is 3. The van der Waals surface area contributed by atoms with Crippen LogP contribution >= 0.6 is 46.4 Å². The molecule has 6 nitrogen and oxygen atoms in total. The van der Waals surface area contributed by atoms with Gasteiger partial charge in [0.15, 0.2) is 0 Å². The van der Waals surface area contributed by atoms with E-state index in [1.54, 1.807) is 48.5 Å². The van der Waals surface area contributed by atoms with Gasteiger partial charge in [-0.3, -0.25) is 14.4 Å². The van der Waals surface area contributed by atoms with Crippen LogP contribution in [0.1, 0.15) is 23.1 Å². The number of hydrogen-bond donors (Lipinski definition) is 1. The minimum absolute atomic E-state index is 0.0695. The molecule has 210 valence electrons. The Labute approximate surface area is 251 Å². The van der Waals surface area contributed by atoms with Crippen molar-refractivity contribution in [1.29, 1.82) is 0 Å². The van der Waals surface area contributed by atoms with Crippen molar-refractivity contribution in [3.63, 3.8) is 0 Å². The van der Waals surface area contributed by atoms with E-state index >= 15 is 0 Å². The second kappa shape index (κ2) is 13.7. The highest BCUT2D eigenvalue weighted by molar-refractivity contribution is 6.35. The van der Waals surface area contributed by atoms with Gasteiger partial charge in [0.05, 0.1) is 13.0 Å². The number of amides is 3. The average Bonchev–Trinajstić information content (AvgIpc) is 2.90. The average molecular weight is 625 g/mol. The van der Waals surface area contributed by atoms with E-state index in [1.807, 2.05) is 0 Å². The van der Waals surface area contributed by atoms with E-state index in [4.69, 9.17) is 46.4 Å². The minimum atomic E-state index is -1.02. The molecule has 3 aromatic carbocycles. The monoisotopic (exact) mass is 623 g/mol. The maximum absolute atomic E-state index is 13.6. The smallest absolute Gasteiger partial charge is 0.246 e. The van der Waals surface area contributed by atoms with Crippen molar-refractivity contribution in [1.82, 2.24) is 15.1 Å². The van der Waals surface area contributed by atoms with Crippen molar-refractivity contribution in [2.75, 3.05) is 19.6 Å². The molecule has 1 aliphatic rings. The van der Waals surface area contributed by atoms with Gasteiger partial charge in [-0.25, -0.2) is 4.39 Å². The molecule has 1 fully saturated rings. The van der Waals surface area contributed by atoms with E-state index in [0.29, 0.717) is 38.5 Å². The predicted molar refractivity (Wildman–Crippen MR) is 155 cm³/mol. The zero-order valence-electron chi connectivity index (χ0n) is 21.3. The number of nitrogens with one attached hydrogen (secondary N) is 1. The number of piperazine rings is 1. The summed E-state index contributed by atoms with van der Waals surface area (Å²) in [5, 5.41) is 4.80. The molecule has 1 unspecified atom stereocenters. The predicted octanol–water partition coefficient (Wildman–Crippen LogP) is 5.97. The molecule has 3 aromatic rings. The van der Waals surface area contributed by atoms with E-state index in [2.05, 4.69) is 5.32 Å². The lowest BCUT2D eigenvalue weighted by Gasteiger charge is -2.40. The zero-order chi connectivity index (χ0) is 28.8. The van der Waals surface area contributed by atoms with Gasteiger partial charge in [-0.1, -0.05) is 70.7 Å². The Kier molecular flexibility index (Phi) is 10.3. The minimum Gasteiger partial charge on any atom is -0.356 e. The van der Waals surface area contributed by atoms with Gasteiger partial charge < -0.3 is 15.1 Å². The number of halogens is 5. The van der Waals surface area contributed by atoms with E-state index in [-0.39, 0.29) is 50.3 Å². The summed E-state index contributed by atoms with van der Waals surface area (Å²) in [7, 11) is 0. The first-order chi connectivity index (χ1) is 19.1.